The maximum atomic E-state index is 6.01. The molecule has 0 amide bonds. The fourth-order valence-corrected chi connectivity index (χ4v) is 2.85. The Labute approximate surface area is 130 Å². The lowest BCUT2D eigenvalue weighted by Crippen LogP contribution is -2.06. The predicted molar refractivity (Wildman–Crippen MR) is 89.5 cm³/mol. The molecule has 0 spiro atoms. The van der Waals surface area contributed by atoms with E-state index in [0.717, 1.165) is 28.5 Å². The number of rotatable bonds is 5. The maximum absolute atomic E-state index is 6.01. The molecule has 0 aliphatic carbocycles. The minimum absolute atomic E-state index is 0.756. The first-order chi connectivity index (χ1) is 9.63. The Morgan fingerprint density at radius 1 is 1.20 bits per heavy atom. The van der Waals surface area contributed by atoms with Crippen LogP contribution in [0.4, 0.5) is 0 Å². The lowest BCUT2D eigenvalue weighted by atomic mass is 10.2. The normalized spacial score (nSPS) is 10.6. The van der Waals surface area contributed by atoms with Crippen molar-refractivity contribution >= 4 is 24.4 Å². The van der Waals surface area contributed by atoms with Gasteiger partial charge in [-0.15, -0.1) is 24.4 Å². The molecule has 20 heavy (non-hydrogen) atoms. The van der Waals surface area contributed by atoms with Gasteiger partial charge in [0.05, 0.1) is 0 Å². The lowest BCUT2D eigenvalue weighted by molar-refractivity contribution is 0.473. The van der Waals surface area contributed by atoms with Crippen LogP contribution in [-0.4, -0.2) is 13.3 Å². The molecule has 0 atom stereocenters. The molecule has 0 radical (unpaired) electrons. The molecular formula is C16H19NOS2. The van der Waals surface area contributed by atoms with E-state index in [9.17, 15) is 0 Å². The first-order valence-electron chi connectivity index (χ1n) is 6.43. The number of thiol groups is 1. The van der Waals surface area contributed by atoms with E-state index in [1.165, 1.54) is 10.5 Å². The summed E-state index contributed by atoms with van der Waals surface area (Å²) in [5.41, 5.74) is 2.34. The van der Waals surface area contributed by atoms with Gasteiger partial charge in [0.1, 0.15) is 11.5 Å². The van der Waals surface area contributed by atoms with Gasteiger partial charge in [0.15, 0.2) is 0 Å². The van der Waals surface area contributed by atoms with E-state index in [-0.39, 0.29) is 0 Å². The second-order valence-corrected chi connectivity index (χ2v) is 5.92. The van der Waals surface area contributed by atoms with E-state index in [4.69, 9.17) is 4.74 Å². The van der Waals surface area contributed by atoms with Crippen LogP contribution in [0.5, 0.6) is 11.5 Å². The summed E-state index contributed by atoms with van der Waals surface area (Å²) in [5.74, 6) is 1.73. The van der Waals surface area contributed by atoms with Crippen molar-refractivity contribution < 1.29 is 4.74 Å². The van der Waals surface area contributed by atoms with Crippen LogP contribution in [0.25, 0.3) is 0 Å². The lowest BCUT2D eigenvalue weighted by Gasteiger charge is -2.13. The number of aryl methyl sites for hydroxylation is 1. The molecule has 0 bridgehead atoms. The number of nitrogens with one attached hydrogen (secondary N) is 1. The Morgan fingerprint density at radius 2 is 2.00 bits per heavy atom. The first kappa shape index (κ1) is 15.3. The maximum Gasteiger partial charge on any atom is 0.131 e. The summed E-state index contributed by atoms with van der Waals surface area (Å²) in [6.07, 6.45) is 2.08. The van der Waals surface area contributed by atoms with Crippen molar-refractivity contribution in [2.24, 2.45) is 0 Å². The molecule has 0 aliphatic heterocycles. The van der Waals surface area contributed by atoms with Crippen LogP contribution >= 0.6 is 24.4 Å². The monoisotopic (exact) mass is 305 g/mol. The smallest absolute Gasteiger partial charge is 0.131 e. The second-order valence-electron chi connectivity index (χ2n) is 4.56. The van der Waals surface area contributed by atoms with Crippen LogP contribution in [0.15, 0.2) is 46.2 Å². The molecule has 0 heterocycles. The van der Waals surface area contributed by atoms with Crippen LogP contribution < -0.4 is 10.1 Å². The minimum atomic E-state index is 0.756. The summed E-state index contributed by atoms with van der Waals surface area (Å²) in [4.78, 5) is 2.22. The molecule has 4 heteroatoms. The van der Waals surface area contributed by atoms with Crippen molar-refractivity contribution in [3.8, 4) is 11.5 Å². The zero-order valence-electron chi connectivity index (χ0n) is 11.9. The molecule has 2 aromatic rings. The molecule has 0 aliphatic rings. The summed E-state index contributed by atoms with van der Waals surface area (Å²) >= 11 is 6.12. The fraction of sp³-hybridized carbons (Fsp3) is 0.250. The SMILES string of the molecule is CNCc1cc(S)ccc1Oc1ccc(SC)c(C)c1. The number of ether oxygens (including phenoxy) is 1. The van der Waals surface area contributed by atoms with Gasteiger partial charge in [-0.2, -0.15) is 0 Å². The highest BCUT2D eigenvalue weighted by molar-refractivity contribution is 7.98. The van der Waals surface area contributed by atoms with E-state index in [0.29, 0.717) is 0 Å². The van der Waals surface area contributed by atoms with Gasteiger partial charge in [0.2, 0.25) is 0 Å². The molecule has 0 saturated heterocycles. The number of hydrogen-bond donors (Lipinski definition) is 2. The zero-order chi connectivity index (χ0) is 14.5. The van der Waals surface area contributed by atoms with Crippen LogP contribution in [0, 0.1) is 6.92 Å². The van der Waals surface area contributed by atoms with E-state index in [1.54, 1.807) is 11.8 Å². The van der Waals surface area contributed by atoms with Gasteiger partial charge in [-0.3, -0.25) is 0 Å². The second kappa shape index (κ2) is 7.07. The predicted octanol–water partition coefficient (Wildman–Crippen LogP) is 4.52. The van der Waals surface area contributed by atoms with Gasteiger partial charge in [0, 0.05) is 21.9 Å². The van der Waals surface area contributed by atoms with E-state index >= 15 is 0 Å². The molecular weight excluding hydrogens is 286 g/mol. The standard InChI is InChI=1S/C16H19NOS2/c1-11-8-13(4-7-16(11)20-3)18-15-6-5-14(19)9-12(15)10-17-2/h4-9,17,19H,10H2,1-3H3. The fourth-order valence-electron chi connectivity index (χ4n) is 2.04. The minimum Gasteiger partial charge on any atom is -0.457 e. The third-order valence-electron chi connectivity index (χ3n) is 3.01. The van der Waals surface area contributed by atoms with Crippen molar-refractivity contribution in [2.45, 2.75) is 23.3 Å². The van der Waals surface area contributed by atoms with Crippen molar-refractivity contribution in [3.05, 3.63) is 47.5 Å². The third-order valence-corrected chi connectivity index (χ3v) is 4.18. The van der Waals surface area contributed by atoms with E-state index in [2.05, 4.69) is 43.3 Å². The zero-order valence-corrected chi connectivity index (χ0v) is 13.6. The van der Waals surface area contributed by atoms with Crippen molar-refractivity contribution in [3.63, 3.8) is 0 Å². The Kier molecular flexibility index (Phi) is 5.40. The molecule has 2 aromatic carbocycles. The van der Waals surface area contributed by atoms with Gasteiger partial charge >= 0.3 is 0 Å². The molecule has 0 fully saturated rings. The number of thioether (sulfide) groups is 1. The molecule has 1 N–H and O–H groups in total. The van der Waals surface area contributed by atoms with Crippen LogP contribution in [-0.2, 0) is 6.54 Å². The third kappa shape index (κ3) is 3.72. The van der Waals surface area contributed by atoms with E-state index in [1.807, 2.05) is 31.3 Å². The molecule has 0 saturated carbocycles. The van der Waals surface area contributed by atoms with Gasteiger partial charge in [-0.1, -0.05) is 0 Å². The topological polar surface area (TPSA) is 21.3 Å². The summed E-state index contributed by atoms with van der Waals surface area (Å²) in [5, 5.41) is 3.15. The van der Waals surface area contributed by atoms with Gasteiger partial charge < -0.3 is 10.1 Å². The van der Waals surface area contributed by atoms with Gasteiger partial charge in [-0.05, 0) is 62.2 Å². The van der Waals surface area contributed by atoms with Crippen molar-refractivity contribution in [1.29, 1.82) is 0 Å². The Bertz CT molecular complexity index is 599. The molecule has 0 aromatic heterocycles. The molecule has 106 valence electrons. The van der Waals surface area contributed by atoms with Gasteiger partial charge in [0.25, 0.3) is 0 Å². The highest BCUT2D eigenvalue weighted by Gasteiger charge is 2.06. The Morgan fingerprint density at radius 3 is 2.65 bits per heavy atom. The summed E-state index contributed by atoms with van der Waals surface area (Å²) in [6.45, 7) is 2.86. The summed E-state index contributed by atoms with van der Waals surface area (Å²) in [6, 6.07) is 12.1. The van der Waals surface area contributed by atoms with Crippen LogP contribution in [0.1, 0.15) is 11.1 Å². The first-order valence-corrected chi connectivity index (χ1v) is 8.10. The largest absolute Gasteiger partial charge is 0.457 e. The molecule has 2 nitrogen and oxygen atoms in total. The van der Waals surface area contributed by atoms with Crippen LogP contribution in [0.2, 0.25) is 0 Å². The quantitative estimate of drug-likeness (QED) is 0.626. The van der Waals surface area contributed by atoms with Gasteiger partial charge in [-0.25, -0.2) is 0 Å². The average Bonchev–Trinajstić information content (AvgIpc) is 2.42. The summed E-state index contributed by atoms with van der Waals surface area (Å²) in [7, 11) is 1.92. The average molecular weight is 305 g/mol. The number of benzene rings is 2. The Balaban J connectivity index is 2.27. The Hall–Kier alpha value is -1.10. The molecule has 0 unspecified atom stereocenters. The highest BCUT2D eigenvalue weighted by atomic mass is 32.2. The number of hydrogen-bond acceptors (Lipinski definition) is 4. The summed E-state index contributed by atoms with van der Waals surface area (Å²) < 4.78 is 6.01. The van der Waals surface area contributed by atoms with E-state index < -0.39 is 0 Å². The van der Waals surface area contributed by atoms with Crippen molar-refractivity contribution in [1.82, 2.24) is 5.32 Å². The van der Waals surface area contributed by atoms with Crippen LogP contribution in [0.3, 0.4) is 0 Å². The highest BCUT2D eigenvalue weighted by Crippen LogP contribution is 2.30. The molecule has 2 rings (SSSR count). The van der Waals surface area contributed by atoms with Crippen molar-refractivity contribution in [2.75, 3.05) is 13.3 Å².